The zero-order chi connectivity index (χ0) is 15.6. The number of nitrogens with zero attached hydrogens (tertiary/aromatic N) is 4. The molecular formula is C17H19N5O. The molecule has 1 aliphatic rings. The summed E-state index contributed by atoms with van der Waals surface area (Å²) in [4.78, 5) is 20.8. The summed E-state index contributed by atoms with van der Waals surface area (Å²) in [6.07, 6.45) is 8.01. The van der Waals surface area contributed by atoms with E-state index in [2.05, 4.69) is 19.9 Å². The third-order valence-corrected chi connectivity index (χ3v) is 4.21. The molecule has 2 heterocycles. The second kappa shape index (κ2) is 5.87. The summed E-state index contributed by atoms with van der Waals surface area (Å²) < 4.78 is 4.02. The number of nitrogens with one attached hydrogen (secondary N) is 1. The number of amides is 1. The fourth-order valence-corrected chi connectivity index (χ4v) is 2.87. The minimum Gasteiger partial charge on any atom is -0.353 e. The fraction of sp³-hybridized carbons (Fsp3) is 0.353. The van der Waals surface area contributed by atoms with E-state index in [1.165, 1.54) is 12.8 Å². The molecule has 1 aliphatic carbocycles. The summed E-state index contributed by atoms with van der Waals surface area (Å²) in [7, 11) is 0. The molecule has 3 aromatic rings. The maximum Gasteiger partial charge on any atom is 0.240 e. The summed E-state index contributed by atoms with van der Waals surface area (Å²) in [5.74, 6) is 1.78. The molecule has 4 rings (SSSR count). The lowest BCUT2D eigenvalue weighted by Crippen LogP contribution is -2.30. The Bertz CT molecular complexity index is 830. The van der Waals surface area contributed by atoms with Gasteiger partial charge in [0.2, 0.25) is 5.91 Å². The Kier molecular flexibility index (Phi) is 3.57. The van der Waals surface area contributed by atoms with Gasteiger partial charge in [-0.3, -0.25) is 4.79 Å². The summed E-state index contributed by atoms with van der Waals surface area (Å²) >= 11 is 0. The van der Waals surface area contributed by atoms with Crippen molar-refractivity contribution in [1.29, 1.82) is 0 Å². The molecule has 0 radical (unpaired) electrons. The molecular weight excluding hydrogens is 290 g/mol. The molecule has 1 saturated carbocycles. The molecule has 23 heavy (non-hydrogen) atoms. The first-order valence-electron chi connectivity index (χ1n) is 7.99. The molecule has 1 amide bonds. The number of imidazole rings is 2. The van der Waals surface area contributed by atoms with Crippen LogP contribution >= 0.6 is 0 Å². The summed E-state index contributed by atoms with van der Waals surface area (Å²) in [6.45, 7) is 1.67. The molecule has 1 aromatic carbocycles. The van der Waals surface area contributed by atoms with E-state index in [-0.39, 0.29) is 5.91 Å². The molecule has 0 atom stereocenters. The van der Waals surface area contributed by atoms with Crippen molar-refractivity contribution in [2.75, 3.05) is 6.54 Å². The van der Waals surface area contributed by atoms with Gasteiger partial charge in [0.05, 0.1) is 17.4 Å². The van der Waals surface area contributed by atoms with Crippen molar-refractivity contribution in [3.05, 3.63) is 48.8 Å². The van der Waals surface area contributed by atoms with E-state index in [0.717, 1.165) is 23.4 Å². The number of aromatic nitrogens is 4. The summed E-state index contributed by atoms with van der Waals surface area (Å²) in [5.41, 5.74) is 1.89. The number of carbonyl (C=O) groups is 1. The van der Waals surface area contributed by atoms with E-state index in [9.17, 15) is 4.79 Å². The van der Waals surface area contributed by atoms with Crippen molar-refractivity contribution in [1.82, 2.24) is 24.4 Å². The van der Waals surface area contributed by atoms with Gasteiger partial charge in [-0.2, -0.15) is 0 Å². The van der Waals surface area contributed by atoms with Crippen LogP contribution in [0.1, 0.15) is 24.6 Å². The maximum absolute atomic E-state index is 12.1. The normalized spacial score (nSPS) is 14.3. The van der Waals surface area contributed by atoms with Crippen LogP contribution < -0.4 is 5.32 Å². The number of fused-ring (bicyclic) bond motifs is 1. The van der Waals surface area contributed by atoms with Crippen molar-refractivity contribution in [2.45, 2.75) is 31.8 Å². The highest BCUT2D eigenvalue weighted by Crippen LogP contribution is 2.38. The van der Waals surface area contributed by atoms with E-state index >= 15 is 0 Å². The molecule has 118 valence electrons. The first-order chi connectivity index (χ1) is 11.3. The Hall–Kier alpha value is -2.63. The quantitative estimate of drug-likeness (QED) is 0.756. The molecule has 0 aliphatic heterocycles. The van der Waals surface area contributed by atoms with Crippen molar-refractivity contribution in [3.63, 3.8) is 0 Å². The van der Waals surface area contributed by atoms with Crippen LogP contribution in [0.5, 0.6) is 0 Å². The zero-order valence-electron chi connectivity index (χ0n) is 12.9. The Morgan fingerprint density at radius 2 is 2.09 bits per heavy atom. The van der Waals surface area contributed by atoms with Gasteiger partial charge in [0.15, 0.2) is 0 Å². The molecule has 0 bridgehead atoms. The lowest BCUT2D eigenvalue weighted by Gasteiger charge is -2.09. The maximum atomic E-state index is 12.1. The first-order valence-corrected chi connectivity index (χ1v) is 7.99. The van der Waals surface area contributed by atoms with E-state index < -0.39 is 0 Å². The van der Waals surface area contributed by atoms with Gasteiger partial charge in [-0.15, -0.1) is 0 Å². The molecule has 6 heteroatoms. The van der Waals surface area contributed by atoms with E-state index in [1.807, 2.05) is 41.2 Å². The molecule has 6 nitrogen and oxygen atoms in total. The van der Waals surface area contributed by atoms with Crippen LogP contribution in [-0.2, 0) is 17.9 Å². The number of hydrogen-bond donors (Lipinski definition) is 1. The van der Waals surface area contributed by atoms with E-state index in [0.29, 0.717) is 19.0 Å². The Morgan fingerprint density at radius 3 is 2.96 bits per heavy atom. The van der Waals surface area contributed by atoms with Crippen molar-refractivity contribution in [3.8, 4) is 0 Å². The van der Waals surface area contributed by atoms with Gasteiger partial charge in [0.1, 0.15) is 12.4 Å². The second-order valence-electron chi connectivity index (χ2n) is 5.96. The highest BCUT2D eigenvalue weighted by molar-refractivity contribution is 5.80. The van der Waals surface area contributed by atoms with Crippen molar-refractivity contribution < 1.29 is 4.79 Å². The van der Waals surface area contributed by atoms with Crippen molar-refractivity contribution >= 4 is 16.9 Å². The van der Waals surface area contributed by atoms with E-state index in [4.69, 9.17) is 0 Å². The SMILES string of the molecule is O=C(Cn1cnc2ccccc21)NCCn1ccnc1C1CC1. The van der Waals surface area contributed by atoms with Crippen LogP contribution in [0.2, 0.25) is 0 Å². The molecule has 1 fully saturated rings. The smallest absolute Gasteiger partial charge is 0.240 e. The predicted molar refractivity (Wildman–Crippen MR) is 86.9 cm³/mol. The number of para-hydroxylation sites is 2. The number of hydrogen-bond acceptors (Lipinski definition) is 3. The monoisotopic (exact) mass is 309 g/mol. The van der Waals surface area contributed by atoms with Gasteiger partial charge in [-0.05, 0) is 25.0 Å². The lowest BCUT2D eigenvalue weighted by molar-refractivity contribution is -0.121. The van der Waals surface area contributed by atoms with Gasteiger partial charge in [-0.1, -0.05) is 12.1 Å². The van der Waals surface area contributed by atoms with Crippen LogP contribution in [-0.4, -0.2) is 31.6 Å². The van der Waals surface area contributed by atoms with Crippen LogP contribution in [0.15, 0.2) is 43.0 Å². The van der Waals surface area contributed by atoms with Crippen LogP contribution in [0.3, 0.4) is 0 Å². The fourth-order valence-electron chi connectivity index (χ4n) is 2.87. The number of carbonyl (C=O) groups excluding carboxylic acids is 1. The second-order valence-corrected chi connectivity index (χ2v) is 5.96. The predicted octanol–water partition coefficient (Wildman–Crippen LogP) is 1.93. The molecule has 1 N–H and O–H groups in total. The zero-order valence-corrected chi connectivity index (χ0v) is 12.9. The minimum atomic E-state index is 0.00115. The van der Waals surface area contributed by atoms with Crippen LogP contribution in [0.4, 0.5) is 0 Å². The van der Waals surface area contributed by atoms with Gasteiger partial charge >= 0.3 is 0 Å². The third kappa shape index (κ3) is 2.97. The molecule has 2 aromatic heterocycles. The van der Waals surface area contributed by atoms with E-state index in [1.54, 1.807) is 6.33 Å². The topological polar surface area (TPSA) is 64.7 Å². The Morgan fingerprint density at radius 1 is 1.22 bits per heavy atom. The van der Waals surface area contributed by atoms with Crippen LogP contribution in [0.25, 0.3) is 11.0 Å². The standard InChI is InChI=1S/C17H19N5O/c23-16(11-22-12-20-14-3-1-2-4-15(14)22)18-7-9-21-10-8-19-17(21)13-5-6-13/h1-4,8,10,12-13H,5-7,9,11H2,(H,18,23). The number of benzene rings is 1. The highest BCUT2D eigenvalue weighted by Gasteiger charge is 2.27. The molecule has 0 saturated heterocycles. The first kappa shape index (κ1) is 14.0. The van der Waals surface area contributed by atoms with Gasteiger partial charge in [0.25, 0.3) is 0 Å². The average Bonchev–Trinajstić information content (AvgIpc) is 3.17. The average molecular weight is 309 g/mol. The Balaban J connectivity index is 1.32. The van der Waals surface area contributed by atoms with Gasteiger partial charge < -0.3 is 14.5 Å². The summed E-state index contributed by atoms with van der Waals surface area (Å²) in [5, 5.41) is 2.97. The van der Waals surface area contributed by atoms with Crippen molar-refractivity contribution in [2.24, 2.45) is 0 Å². The Labute approximate surface area is 134 Å². The number of rotatable bonds is 6. The minimum absolute atomic E-state index is 0.00115. The van der Waals surface area contributed by atoms with Gasteiger partial charge in [0, 0.05) is 31.4 Å². The molecule has 0 unspecified atom stereocenters. The molecule has 0 spiro atoms. The summed E-state index contributed by atoms with van der Waals surface area (Å²) in [6, 6.07) is 7.82. The van der Waals surface area contributed by atoms with Gasteiger partial charge in [-0.25, -0.2) is 9.97 Å². The lowest BCUT2D eigenvalue weighted by atomic mass is 10.3. The third-order valence-electron chi connectivity index (χ3n) is 4.21. The largest absolute Gasteiger partial charge is 0.353 e. The van der Waals surface area contributed by atoms with Crippen LogP contribution in [0, 0.1) is 0 Å². The highest BCUT2D eigenvalue weighted by atomic mass is 16.1.